The van der Waals surface area contributed by atoms with Crippen LogP contribution in [0.3, 0.4) is 0 Å². The van der Waals surface area contributed by atoms with E-state index in [4.69, 9.17) is 0 Å². The van der Waals surface area contributed by atoms with E-state index >= 15 is 0 Å². The number of hydrogen-bond donors (Lipinski definition) is 1. The molecule has 0 radical (unpaired) electrons. The molecule has 0 bridgehead atoms. The van der Waals surface area contributed by atoms with E-state index in [9.17, 15) is 22.1 Å². The third kappa shape index (κ3) is 4.61. The fourth-order valence-electron chi connectivity index (χ4n) is 5.52. The van der Waals surface area contributed by atoms with Gasteiger partial charge >= 0.3 is 0 Å². The predicted molar refractivity (Wildman–Crippen MR) is 156 cm³/mol. The number of nitrogens with one attached hydrogen (secondary N) is 1. The Morgan fingerprint density at radius 2 is 1.23 bits per heavy atom. The topological polar surface area (TPSA) is 104 Å². The summed E-state index contributed by atoms with van der Waals surface area (Å²) in [6.07, 6.45) is -0.460. The average molecular weight is 569 g/mol. The minimum absolute atomic E-state index is 0.0537. The molecule has 0 aromatic heterocycles. The van der Waals surface area contributed by atoms with Gasteiger partial charge in [-0.3, -0.25) is 0 Å². The maximum atomic E-state index is 14.4. The summed E-state index contributed by atoms with van der Waals surface area (Å²) >= 11 is 0. The lowest BCUT2D eigenvalue weighted by Gasteiger charge is -2.31. The summed E-state index contributed by atoms with van der Waals surface area (Å²) in [6.45, 7) is 4.24. The molecular weight excluding hydrogens is 540 g/mol. The van der Waals surface area contributed by atoms with Crippen LogP contribution in [0.4, 0.5) is 5.69 Å². The molecule has 1 saturated carbocycles. The number of anilines is 1. The van der Waals surface area contributed by atoms with E-state index < -0.39 is 35.7 Å². The predicted octanol–water partition coefficient (Wildman–Crippen LogP) is 6.32. The molecule has 4 aromatic rings. The van der Waals surface area contributed by atoms with Crippen LogP contribution in [0.25, 0.3) is 0 Å². The highest BCUT2D eigenvalue weighted by Gasteiger charge is 2.62. The second-order valence-electron chi connectivity index (χ2n) is 9.88. The van der Waals surface area contributed by atoms with Crippen molar-refractivity contribution in [2.45, 2.75) is 32.8 Å². The lowest BCUT2D eigenvalue weighted by molar-refractivity contribution is 0.496. The Labute approximate surface area is 235 Å². The van der Waals surface area contributed by atoms with Crippen molar-refractivity contribution in [2.24, 2.45) is 5.92 Å². The maximum absolute atomic E-state index is 14.4. The van der Waals surface area contributed by atoms with Gasteiger partial charge < -0.3 is 5.32 Å². The third-order valence-corrected chi connectivity index (χ3v) is 13.2. The molecule has 8 heteroatoms. The van der Waals surface area contributed by atoms with E-state index in [0.29, 0.717) is 16.8 Å². The molecular formula is C32H28N2O4S2. The molecule has 4 aromatic carbocycles. The van der Waals surface area contributed by atoms with Crippen molar-refractivity contribution >= 4 is 25.4 Å². The minimum atomic E-state index is -4.40. The number of hydrogen-bond acceptors (Lipinski definition) is 6. The fraction of sp³-hybridized carbons (Fsp3) is 0.156. The highest BCUT2D eigenvalue weighted by molar-refractivity contribution is 8.10. The highest BCUT2D eigenvalue weighted by atomic mass is 32.3. The van der Waals surface area contributed by atoms with Crippen molar-refractivity contribution in [1.82, 2.24) is 0 Å². The summed E-state index contributed by atoms with van der Waals surface area (Å²) in [7, 11) is -8.80. The van der Waals surface area contributed by atoms with E-state index in [1.54, 1.807) is 60.7 Å². The SMILES string of the molecule is C=C1CC(S(=O)(=O)c2ccccc2)(S(=O)(=O)c2ccccc2)C[C@@H]1[C@@H](Nc1ccccc1C#N)c1ccccc1. The van der Waals surface area contributed by atoms with E-state index in [-0.39, 0.29) is 22.6 Å². The number of nitriles is 1. The van der Waals surface area contributed by atoms with Crippen molar-refractivity contribution < 1.29 is 16.8 Å². The lowest BCUT2D eigenvalue weighted by Crippen LogP contribution is -2.44. The molecule has 202 valence electrons. The summed E-state index contributed by atoms with van der Waals surface area (Å²) < 4.78 is 55.4. The Kier molecular flexibility index (Phi) is 7.37. The van der Waals surface area contributed by atoms with Crippen LogP contribution >= 0.6 is 0 Å². The van der Waals surface area contributed by atoms with Gasteiger partial charge in [0.2, 0.25) is 0 Å². The molecule has 40 heavy (non-hydrogen) atoms. The molecule has 0 saturated heterocycles. The van der Waals surface area contributed by atoms with E-state index in [1.165, 1.54) is 24.3 Å². The van der Waals surface area contributed by atoms with Crippen molar-refractivity contribution in [3.63, 3.8) is 0 Å². The summed E-state index contributed by atoms with van der Waals surface area (Å²) in [6, 6.07) is 33.6. The zero-order chi connectivity index (χ0) is 28.4. The first-order valence-electron chi connectivity index (χ1n) is 12.8. The normalized spacial score (nSPS) is 17.6. The highest BCUT2D eigenvalue weighted by Crippen LogP contribution is 2.54. The quantitative estimate of drug-likeness (QED) is 0.249. The van der Waals surface area contributed by atoms with Crippen LogP contribution in [0.1, 0.15) is 30.0 Å². The molecule has 1 N–H and O–H groups in total. The molecule has 1 aliphatic carbocycles. The Morgan fingerprint density at radius 1 is 0.750 bits per heavy atom. The van der Waals surface area contributed by atoms with Crippen molar-refractivity contribution in [3.8, 4) is 6.07 Å². The van der Waals surface area contributed by atoms with Gasteiger partial charge in [-0.2, -0.15) is 5.26 Å². The molecule has 0 unspecified atom stereocenters. The largest absolute Gasteiger partial charge is 0.377 e. The van der Waals surface area contributed by atoms with Gasteiger partial charge in [0.05, 0.1) is 27.1 Å². The van der Waals surface area contributed by atoms with Gasteiger partial charge in [-0.1, -0.05) is 91.0 Å². The zero-order valence-electron chi connectivity index (χ0n) is 21.6. The minimum Gasteiger partial charge on any atom is -0.377 e. The maximum Gasteiger partial charge on any atom is 0.199 e. The summed E-state index contributed by atoms with van der Waals surface area (Å²) in [5.74, 6) is -0.578. The van der Waals surface area contributed by atoms with Crippen LogP contribution in [0, 0.1) is 17.2 Å². The van der Waals surface area contributed by atoms with Gasteiger partial charge in [0, 0.05) is 12.3 Å². The second-order valence-corrected chi connectivity index (χ2v) is 14.7. The first-order chi connectivity index (χ1) is 19.2. The average Bonchev–Trinajstić information content (AvgIpc) is 3.36. The molecule has 2 atom stereocenters. The summed E-state index contributed by atoms with van der Waals surface area (Å²) in [5.41, 5.74) is 2.33. The van der Waals surface area contributed by atoms with E-state index in [2.05, 4.69) is 18.0 Å². The van der Waals surface area contributed by atoms with Gasteiger partial charge in [-0.05, 0) is 48.4 Å². The van der Waals surface area contributed by atoms with Gasteiger partial charge in [0.15, 0.2) is 23.8 Å². The number of para-hydroxylation sites is 1. The third-order valence-electron chi connectivity index (χ3n) is 7.56. The first-order valence-corrected chi connectivity index (χ1v) is 15.8. The molecule has 0 heterocycles. The number of sulfone groups is 2. The Morgan fingerprint density at radius 3 is 1.75 bits per heavy atom. The Bertz CT molecular complexity index is 1710. The van der Waals surface area contributed by atoms with E-state index in [0.717, 1.165) is 5.56 Å². The van der Waals surface area contributed by atoms with Gasteiger partial charge in [0.25, 0.3) is 0 Å². The standard InChI is InChI=1S/C32H28N2O4S2/c1-24-21-32(39(35,36)27-16-7-3-8-17-27,40(37,38)28-18-9-4-10-19-28)22-29(24)31(25-13-5-2-6-14-25)34-30-20-12-11-15-26(30)23-33/h2-20,29,31,34H,1,21-22H2/t29-,31-/m0/s1. The van der Waals surface area contributed by atoms with Crippen LogP contribution in [0.15, 0.2) is 137 Å². The van der Waals surface area contributed by atoms with Crippen LogP contribution in [0.2, 0.25) is 0 Å². The number of benzene rings is 4. The fourth-order valence-corrected chi connectivity index (χ4v) is 10.7. The van der Waals surface area contributed by atoms with Crippen LogP contribution < -0.4 is 5.32 Å². The molecule has 0 amide bonds. The molecule has 0 spiro atoms. The molecule has 1 aliphatic rings. The summed E-state index contributed by atoms with van der Waals surface area (Å²) in [5, 5.41) is 13.1. The number of nitrogens with zero attached hydrogens (tertiary/aromatic N) is 1. The molecule has 5 rings (SSSR count). The zero-order valence-corrected chi connectivity index (χ0v) is 23.3. The van der Waals surface area contributed by atoms with Gasteiger partial charge in [0.1, 0.15) is 6.07 Å². The second kappa shape index (κ2) is 10.8. The summed E-state index contributed by atoms with van der Waals surface area (Å²) in [4.78, 5) is -0.107. The van der Waals surface area contributed by atoms with Gasteiger partial charge in [-0.25, -0.2) is 16.8 Å². The van der Waals surface area contributed by atoms with Crippen LogP contribution in [0.5, 0.6) is 0 Å². The van der Waals surface area contributed by atoms with Gasteiger partial charge in [-0.15, -0.1) is 0 Å². The Balaban J connectivity index is 1.69. The van der Waals surface area contributed by atoms with Crippen LogP contribution in [-0.2, 0) is 19.7 Å². The molecule has 1 fully saturated rings. The van der Waals surface area contributed by atoms with Crippen molar-refractivity contribution in [2.75, 3.05) is 5.32 Å². The lowest BCUT2D eigenvalue weighted by atomic mass is 9.89. The van der Waals surface area contributed by atoms with Crippen molar-refractivity contribution in [3.05, 3.63) is 139 Å². The van der Waals surface area contributed by atoms with E-state index in [1.807, 2.05) is 30.3 Å². The van der Waals surface area contributed by atoms with Crippen LogP contribution in [-0.4, -0.2) is 20.9 Å². The molecule has 6 nitrogen and oxygen atoms in total. The van der Waals surface area contributed by atoms with Crippen molar-refractivity contribution in [1.29, 1.82) is 5.26 Å². The number of rotatable bonds is 8. The monoisotopic (exact) mass is 568 g/mol. The smallest absolute Gasteiger partial charge is 0.199 e. The molecule has 0 aliphatic heterocycles. The Hall–Kier alpha value is -4.19. The first kappa shape index (κ1) is 27.4.